The zero-order chi connectivity index (χ0) is 16.1. The number of carbonyl (C=O) groups excluding carboxylic acids is 1. The van der Waals surface area contributed by atoms with Gasteiger partial charge in [-0.15, -0.1) is 23.5 Å². The zero-order valence-electron chi connectivity index (χ0n) is 12.1. The number of nitrogens with zero attached hydrogens (tertiary/aromatic N) is 1. The Kier molecular flexibility index (Phi) is 4.63. The maximum absolute atomic E-state index is 12.0. The van der Waals surface area contributed by atoms with Crippen molar-refractivity contribution < 1.29 is 24.4 Å². The van der Waals surface area contributed by atoms with Gasteiger partial charge in [0, 0.05) is 18.1 Å². The van der Waals surface area contributed by atoms with Crippen LogP contribution in [-0.4, -0.2) is 70.4 Å². The van der Waals surface area contributed by atoms with Gasteiger partial charge in [-0.3, -0.25) is 4.79 Å². The van der Waals surface area contributed by atoms with Gasteiger partial charge in [0.15, 0.2) is 4.08 Å². The first-order chi connectivity index (χ1) is 10.3. The summed E-state index contributed by atoms with van der Waals surface area (Å²) < 4.78 is 10.4. The lowest BCUT2D eigenvalue weighted by molar-refractivity contribution is -0.155. The topological polar surface area (TPSA) is 101 Å². The molecule has 0 aromatic heterocycles. The molecule has 1 amide bonds. The van der Waals surface area contributed by atoms with Gasteiger partial charge in [-0.05, 0) is 6.92 Å². The molecule has 0 bridgehead atoms. The molecule has 3 rings (SSSR count). The Morgan fingerprint density at radius 3 is 2.73 bits per heavy atom. The van der Waals surface area contributed by atoms with Crippen molar-refractivity contribution in [3.63, 3.8) is 0 Å². The summed E-state index contributed by atoms with van der Waals surface area (Å²) in [5, 5.41) is 19.3. The Hall–Kier alpha value is -0.0900. The van der Waals surface area contributed by atoms with Gasteiger partial charge in [0.2, 0.25) is 5.91 Å². The molecule has 22 heavy (non-hydrogen) atoms. The van der Waals surface area contributed by atoms with E-state index in [4.69, 9.17) is 0 Å². The number of carbonyl (C=O) groups is 2. The van der Waals surface area contributed by atoms with Gasteiger partial charge < -0.3 is 19.7 Å². The third kappa shape index (κ3) is 2.75. The van der Waals surface area contributed by atoms with E-state index in [9.17, 15) is 24.4 Å². The molecule has 3 saturated heterocycles. The fourth-order valence-corrected chi connectivity index (χ4v) is 8.50. The van der Waals surface area contributed by atoms with Crippen LogP contribution in [0.5, 0.6) is 0 Å². The van der Waals surface area contributed by atoms with E-state index in [-0.39, 0.29) is 23.1 Å². The van der Waals surface area contributed by atoms with E-state index in [1.807, 2.05) is 0 Å². The third-order valence-corrected chi connectivity index (χ3v) is 9.33. The molecule has 1 unspecified atom stereocenters. The molecular weight excluding hydrogens is 346 g/mol. The van der Waals surface area contributed by atoms with E-state index in [2.05, 4.69) is 0 Å². The van der Waals surface area contributed by atoms with Gasteiger partial charge in [-0.2, -0.15) is 0 Å². The average molecular weight is 365 g/mol. The molecule has 3 aliphatic heterocycles. The van der Waals surface area contributed by atoms with Crippen LogP contribution in [0.1, 0.15) is 19.8 Å². The van der Waals surface area contributed by atoms with Crippen LogP contribution in [0.15, 0.2) is 0 Å². The second-order valence-corrected chi connectivity index (χ2v) is 10.9. The molecule has 0 aromatic carbocycles. The van der Waals surface area contributed by atoms with Crippen LogP contribution in [0.25, 0.3) is 0 Å². The van der Waals surface area contributed by atoms with Crippen LogP contribution in [0, 0.1) is 5.92 Å². The Balaban J connectivity index is 1.72. The molecule has 3 heterocycles. The summed E-state index contributed by atoms with van der Waals surface area (Å²) in [5.41, 5.74) is 0. The Morgan fingerprint density at radius 2 is 2.18 bits per heavy atom. The molecule has 0 aliphatic carbocycles. The lowest BCUT2D eigenvalue weighted by Crippen LogP contribution is -2.60. The van der Waals surface area contributed by atoms with Crippen molar-refractivity contribution in [2.75, 3.05) is 18.1 Å². The van der Waals surface area contributed by atoms with Crippen LogP contribution < -0.4 is 0 Å². The fraction of sp³-hybridized carbons (Fsp3) is 0.846. The number of rotatable bonds is 4. The summed E-state index contributed by atoms with van der Waals surface area (Å²) in [6, 6.07) is 0. The van der Waals surface area contributed by atoms with Gasteiger partial charge in [0.1, 0.15) is 11.5 Å². The first-order valence-electron chi connectivity index (χ1n) is 7.26. The maximum atomic E-state index is 12.0. The second-order valence-electron chi connectivity index (χ2n) is 5.96. The van der Waals surface area contributed by atoms with Gasteiger partial charge >= 0.3 is 5.97 Å². The van der Waals surface area contributed by atoms with E-state index in [0.29, 0.717) is 11.5 Å². The normalized spacial score (nSPS) is 42.7. The molecule has 2 N–H and O–H groups in total. The number of carboxylic acid groups (broad SMARTS) is 1. The highest BCUT2D eigenvalue weighted by molar-refractivity contribution is 8.20. The molecule has 0 radical (unpaired) electrons. The molecule has 0 saturated carbocycles. The van der Waals surface area contributed by atoms with Crippen molar-refractivity contribution >= 4 is 46.6 Å². The van der Waals surface area contributed by atoms with Crippen molar-refractivity contribution in [2.45, 2.75) is 40.6 Å². The number of aliphatic carboxylic acids is 1. The first-order valence-corrected chi connectivity index (χ1v) is 10.5. The smallest absolute Gasteiger partial charge is 0.332 e. The van der Waals surface area contributed by atoms with Crippen LogP contribution in [0.2, 0.25) is 0 Å². The SMILES string of the molecule is C[C@@H](O)[C@H]1C(=O)N2CC(SC3CC[S+]([O-])CC3)(C(=O)O)S[C@H]12. The fourth-order valence-electron chi connectivity index (χ4n) is 3.15. The molecule has 6 nitrogen and oxygen atoms in total. The highest BCUT2D eigenvalue weighted by Crippen LogP contribution is 2.56. The van der Waals surface area contributed by atoms with E-state index in [1.165, 1.54) is 23.5 Å². The average Bonchev–Trinajstić information content (AvgIpc) is 2.77. The number of β-lactam (4-membered cyclic amide) rings is 1. The minimum absolute atomic E-state index is 0.152. The van der Waals surface area contributed by atoms with E-state index >= 15 is 0 Å². The van der Waals surface area contributed by atoms with Crippen molar-refractivity contribution in [2.24, 2.45) is 5.92 Å². The van der Waals surface area contributed by atoms with Crippen molar-refractivity contribution in [3.05, 3.63) is 0 Å². The van der Waals surface area contributed by atoms with Gasteiger partial charge in [-0.25, -0.2) is 4.79 Å². The van der Waals surface area contributed by atoms with Gasteiger partial charge in [0.25, 0.3) is 0 Å². The summed E-state index contributed by atoms with van der Waals surface area (Å²) in [4.78, 5) is 25.5. The quantitative estimate of drug-likeness (QED) is 0.547. The molecule has 0 aromatic rings. The maximum Gasteiger partial charge on any atom is 0.332 e. The van der Waals surface area contributed by atoms with Crippen LogP contribution in [0.3, 0.4) is 0 Å². The largest absolute Gasteiger partial charge is 0.616 e. The van der Waals surface area contributed by atoms with E-state index < -0.39 is 33.2 Å². The summed E-state index contributed by atoms with van der Waals surface area (Å²) in [6.07, 6.45) is 0.754. The summed E-state index contributed by atoms with van der Waals surface area (Å²) in [6.45, 7) is 1.76. The van der Waals surface area contributed by atoms with Crippen LogP contribution in [0.4, 0.5) is 0 Å². The molecule has 3 fully saturated rings. The standard InChI is InChI=1S/C13H19NO5S3/c1-7(15)9-10(16)14-6-13(12(17)18,21-11(9)14)20-8-2-4-22(19)5-3-8/h7-9,11,15H,2-6H2,1H3,(H,17,18)/t7-,8?,9+,11-,13?,22?/m1/s1. The number of thioether (sulfide) groups is 2. The minimum atomic E-state index is -1.06. The highest BCUT2D eigenvalue weighted by Gasteiger charge is 2.63. The molecular formula is C13H19NO5S3. The van der Waals surface area contributed by atoms with Crippen LogP contribution in [-0.2, 0) is 20.8 Å². The van der Waals surface area contributed by atoms with Gasteiger partial charge in [0.05, 0.1) is 23.9 Å². The zero-order valence-corrected chi connectivity index (χ0v) is 14.6. The van der Waals surface area contributed by atoms with Crippen molar-refractivity contribution in [1.29, 1.82) is 0 Å². The predicted molar refractivity (Wildman–Crippen MR) is 87.1 cm³/mol. The van der Waals surface area contributed by atoms with E-state index in [1.54, 1.807) is 11.8 Å². The summed E-state index contributed by atoms with van der Waals surface area (Å²) in [7, 11) is 0. The monoisotopic (exact) mass is 365 g/mol. The lowest BCUT2D eigenvalue weighted by Gasteiger charge is -2.42. The first kappa shape index (κ1) is 16.8. The van der Waals surface area contributed by atoms with Gasteiger partial charge in [-0.1, -0.05) is 11.2 Å². The number of amides is 1. The predicted octanol–water partition coefficient (Wildman–Crippen LogP) is 0.324. The number of hydrogen-bond acceptors (Lipinski definition) is 6. The van der Waals surface area contributed by atoms with E-state index in [0.717, 1.165) is 12.8 Å². The van der Waals surface area contributed by atoms with Crippen molar-refractivity contribution in [1.82, 2.24) is 4.90 Å². The molecule has 4 atom stereocenters. The number of carboxylic acids is 1. The molecule has 9 heteroatoms. The summed E-state index contributed by atoms with van der Waals surface area (Å²) >= 11 is 1.91. The lowest BCUT2D eigenvalue weighted by atomic mass is 9.93. The number of hydrogen-bond donors (Lipinski definition) is 2. The Bertz CT molecular complexity index is 482. The van der Waals surface area contributed by atoms with Crippen LogP contribution >= 0.6 is 23.5 Å². The molecule has 124 valence electrons. The molecule has 0 spiro atoms. The third-order valence-electron chi connectivity index (χ3n) is 4.41. The minimum Gasteiger partial charge on any atom is -0.616 e. The second kappa shape index (κ2) is 6.08. The summed E-state index contributed by atoms with van der Waals surface area (Å²) in [5.74, 6) is -0.312. The Labute approximate surface area is 140 Å². The van der Waals surface area contributed by atoms with Crippen molar-refractivity contribution in [3.8, 4) is 0 Å². The highest BCUT2D eigenvalue weighted by atomic mass is 32.2. The number of aliphatic hydroxyl groups is 1. The Morgan fingerprint density at radius 1 is 1.55 bits per heavy atom. The number of aliphatic hydroxyl groups excluding tert-OH is 1. The number of fused-ring (bicyclic) bond motifs is 1. The molecule has 3 aliphatic rings.